The molecule has 0 unspecified atom stereocenters. The molecule has 0 aromatic heterocycles. The monoisotopic (exact) mass is 500 g/mol. The van der Waals surface area contributed by atoms with E-state index in [0.717, 1.165) is 5.75 Å². The molecule has 0 bridgehead atoms. The van der Waals surface area contributed by atoms with E-state index in [1.807, 2.05) is 31.2 Å². The van der Waals surface area contributed by atoms with Gasteiger partial charge in [-0.05, 0) is 19.6 Å². The molecule has 2 nitrogen and oxygen atoms in total. The van der Waals surface area contributed by atoms with Crippen molar-refractivity contribution >= 4 is 22.8 Å². The number of fused-ring (bicyclic) bond motifs is 1. The molecule has 3 rings (SSSR count). The second kappa shape index (κ2) is 16.4. The third-order valence-corrected chi connectivity index (χ3v) is 4.14. The van der Waals surface area contributed by atoms with Crippen molar-refractivity contribution in [3.8, 4) is 5.75 Å². The molecule has 3 aromatic rings. The van der Waals surface area contributed by atoms with Crippen LogP contribution in [-0.4, -0.2) is 25.2 Å². The third-order valence-electron chi connectivity index (χ3n) is 3.07. The summed E-state index contributed by atoms with van der Waals surface area (Å²) in [6, 6.07) is 22.5. The number of ether oxygens (including phenoxy) is 1. The standard InChI is InChI=1S/C10H17O2Si.C9H7.C2H4.2ClH.Zr/c1-13(2,3)12-9-8-11-10-6-4-5-7-10;1-2-5-9-7-3-6-8(9)4-1;1-2;;;/h4-7H,8-9H2,1-3H3;1-7H;1H,2H3;2*1H;/q2*-1;;;;+2/p-2. The normalized spacial score (nSPS) is 9.56. The molecule has 0 atom stereocenters. The number of rotatable bonds is 5. The van der Waals surface area contributed by atoms with Crippen molar-refractivity contribution in [3.63, 3.8) is 0 Å². The average molecular weight is 503 g/mol. The van der Waals surface area contributed by atoms with Crippen molar-refractivity contribution < 1.29 is 58.2 Å². The minimum absolute atomic E-state index is 0. The van der Waals surface area contributed by atoms with Crippen LogP contribution < -0.4 is 29.6 Å². The molecule has 27 heavy (non-hydrogen) atoms. The number of benzene rings is 1. The van der Waals surface area contributed by atoms with E-state index >= 15 is 0 Å². The van der Waals surface area contributed by atoms with Crippen molar-refractivity contribution in [1.82, 2.24) is 0 Å². The van der Waals surface area contributed by atoms with Crippen LogP contribution in [0.15, 0.2) is 66.7 Å². The molecule has 0 heterocycles. The van der Waals surface area contributed by atoms with E-state index in [4.69, 9.17) is 9.16 Å². The Labute approximate surface area is 192 Å². The van der Waals surface area contributed by atoms with Crippen LogP contribution in [0.2, 0.25) is 19.6 Å². The topological polar surface area (TPSA) is 18.5 Å². The molecule has 0 fully saturated rings. The van der Waals surface area contributed by atoms with E-state index < -0.39 is 8.32 Å². The summed E-state index contributed by atoms with van der Waals surface area (Å²) in [6.45, 7) is 9.91. The van der Waals surface area contributed by atoms with Gasteiger partial charge in [0.25, 0.3) is 0 Å². The molecule has 3 aromatic carbocycles. The second-order valence-corrected chi connectivity index (χ2v) is 12.3. The molecular formula is C21H28Cl2O2SiZr-2. The first-order valence-corrected chi connectivity index (χ1v) is 13.3. The van der Waals surface area contributed by atoms with Gasteiger partial charge in [0.2, 0.25) is 0 Å². The fourth-order valence-electron chi connectivity index (χ4n) is 2.03. The van der Waals surface area contributed by atoms with Crippen LogP contribution in [0.1, 0.15) is 6.92 Å². The number of hydrogen-bond donors (Lipinski definition) is 0. The summed E-state index contributed by atoms with van der Waals surface area (Å²) in [5, 5.41) is 2.66. The maximum absolute atomic E-state index is 5.64. The van der Waals surface area contributed by atoms with Crippen LogP contribution in [0.3, 0.4) is 0 Å². The van der Waals surface area contributed by atoms with E-state index in [0.29, 0.717) is 13.2 Å². The van der Waals surface area contributed by atoms with Gasteiger partial charge in [0.05, 0.1) is 6.61 Å². The fourth-order valence-corrected chi connectivity index (χ4v) is 2.73. The van der Waals surface area contributed by atoms with Gasteiger partial charge in [-0.15, -0.1) is 35.7 Å². The zero-order valence-electron chi connectivity index (χ0n) is 16.4. The minimum Gasteiger partial charge on any atom is -1.00 e. The summed E-state index contributed by atoms with van der Waals surface area (Å²) in [4.78, 5) is 0. The molecule has 0 saturated heterocycles. The van der Waals surface area contributed by atoms with Gasteiger partial charge in [-0.1, -0.05) is 6.07 Å². The van der Waals surface area contributed by atoms with E-state index in [9.17, 15) is 0 Å². The molecule has 0 aliphatic rings. The first-order chi connectivity index (χ1) is 12.0. The fraction of sp³-hybridized carbons (Fsp3) is 0.286. The Morgan fingerprint density at radius 1 is 0.926 bits per heavy atom. The van der Waals surface area contributed by atoms with Gasteiger partial charge in [-0.2, -0.15) is 29.7 Å². The Balaban J connectivity index is 0. The number of halogens is 2. The van der Waals surface area contributed by atoms with Crippen molar-refractivity contribution in [3.05, 3.63) is 66.7 Å². The summed E-state index contributed by atoms with van der Waals surface area (Å²) < 4.78 is 13.2. The first-order valence-electron chi connectivity index (χ1n) is 8.50. The van der Waals surface area contributed by atoms with Gasteiger partial charge in [-0.3, -0.25) is 0 Å². The van der Waals surface area contributed by atoms with Crippen molar-refractivity contribution in [2.24, 2.45) is 0 Å². The van der Waals surface area contributed by atoms with Crippen LogP contribution in [-0.2, 0) is 28.7 Å². The maximum atomic E-state index is 5.64. The molecule has 0 aliphatic heterocycles. The Morgan fingerprint density at radius 2 is 1.59 bits per heavy atom. The predicted molar refractivity (Wildman–Crippen MR) is 108 cm³/mol. The zero-order chi connectivity index (χ0) is 18.5. The van der Waals surface area contributed by atoms with Gasteiger partial charge in [0.1, 0.15) is 6.61 Å². The Morgan fingerprint density at radius 3 is 2.15 bits per heavy atom. The summed E-state index contributed by atoms with van der Waals surface area (Å²) in [7, 11) is -1.36. The molecule has 148 valence electrons. The summed E-state index contributed by atoms with van der Waals surface area (Å²) in [5.74, 6) is 0.930. The second-order valence-electron chi connectivity index (χ2n) is 6.37. The quantitative estimate of drug-likeness (QED) is 0.268. The van der Waals surface area contributed by atoms with Crippen LogP contribution in [0.25, 0.3) is 10.8 Å². The van der Waals surface area contributed by atoms with Crippen molar-refractivity contribution in [2.75, 3.05) is 13.2 Å². The summed E-state index contributed by atoms with van der Waals surface area (Å²) in [6.07, 6.45) is 0. The van der Waals surface area contributed by atoms with E-state index in [2.05, 4.69) is 65.8 Å². The van der Waals surface area contributed by atoms with Gasteiger partial charge in [0, 0.05) is 5.75 Å². The maximum Gasteiger partial charge on any atom is 0.183 e. The molecule has 0 aliphatic carbocycles. The van der Waals surface area contributed by atoms with Crippen LogP contribution in [0, 0.1) is 0 Å². The largest absolute Gasteiger partial charge is 1.00 e. The average Bonchev–Trinajstić information content (AvgIpc) is 3.23. The molecule has 0 saturated carbocycles. The first kappa shape index (κ1) is 28.7. The van der Waals surface area contributed by atoms with Gasteiger partial charge in [0.15, 0.2) is 8.32 Å². The minimum atomic E-state index is -1.36. The molecule has 0 radical (unpaired) electrons. The Bertz CT molecular complexity index is 676. The van der Waals surface area contributed by atoms with Gasteiger partial charge >= 0.3 is 34.9 Å². The predicted octanol–water partition coefficient (Wildman–Crippen LogP) is -0.442. The van der Waals surface area contributed by atoms with Crippen molar-refractivity contribution in [2.45, 2.75) is 26.6 Å². The van der Waals surface area contributed by atoms with Gasteiger partial charge < -0.3 is 34.0 Å². The van der Waals surface area contributed by atoms with Gasteiger partial charge in [-0.25, -0.2) is 6.07 Å². The van der Waals surface area contributed by atoms with E-state index in [-0.39, 0.29) is 24.8 Å². The molecule has 0 N–H and O–H groups in total. The smallest absolute Gasteiger partial charge is 0.183 e. The summed E-state index contributed by atoms with van der Waals surface area (Å²) in [5.41, 5.74) is 0. The van der Waals surface area contributed by atoms with Crippen LogP contribution >= 0.6 is 0 Å². The molecule has 0 amide bonds. The molecule has 6 heteroatoms. The Kier molecular flexibility index (Phi) is 17.5. The third kappa shape index (κ3) is 14.2. The van der Waals surface area contributed by atoms with E-state index in [1.54, 1.807) is 0 Å². The van der Waals surface area contributed by atoms with Crippen molar-refractivity contribution in [1.29, 1.82) is 0 Å². The molecular weight excluding hydrogens is 474 g/mol. The zero-order valence-corrected chi connectivity index (χ0v) is 21.4. The Hall–Kier alpha value is -0.510. The SMILES string of the molecule is C[CH]=[Zr+2].C[Si](C)(C)OCCOc1ccc[cH-]1.[Cl-].[Cl-].c1ccc2[cH-]ccc2c1. The van der Waals surface area contributed by atoms with E-state index in [1.165, 1.54) is 35.0 Å². The number of hydrogen-bond acceptors (Lipinski definition) is 2. The van der Waals surface area contributed by atoms with Crippen LogP contribution in [0.5, 0.6) is 5.75 Å². The van der Waals surface area contributed by atoms with Crippen LogP contribution in [0.4, 0.5) is 0 Å². The summed E-state index contributed by atoms with van der Waals surface area (Å²) >= 11 is 1.51. The molecule has 0 spiro atoms.